The minimum atomic E-state index is -0.800. The molecule has 2 heteroatoms. The third kappa shape index (κ3) is 2.17. The SMILES string of the molecule is CCC(O)(Cc1ccoc1)c1ccccc1. The molecule has 0 amide bonds. The first kappa shape index (κ1) is 11.0. The van der Waals surface area contributed by atoms with Crippen LogP contribution < -0.4 is 0 Å². The van der Waals surface area contributed by atoms with Gasteiger partial charge in [-0.25, -0.2) is 0 Å². The molecule has 1 unspecified atom stereocenters. The van der Waals surface area contributed by atoms with Gasteiger partial charge < -0.3 is 9.52 Å². The van der Waals surface area contributed by atoms with Crippen LogP contribution in [0.2, 0.25) is 0 Å². The van der Waals surface area contributed by atoms with E-state index in [1.54, 1.807) is 12.5 Å². The zero-order valence-electron chi connectivity index (χ0n) is 9.39. The molecule has 0 spiro atoms. The lowest BCUT2D eigenvalue weighted by Gasteiger charge is -2.26. The van der Waals surface area contributed by atoms with E-state index in [0.29, 0.717) is 12.8 Å². The Bertz CT molecular complexity index is 419. The smallest absolute Gasteiger partial charge is 0.0935 e. The zero-order valence-corrected chi connectivity index (χ0v) is 9.39. The van der Waals surface area contributed by atoms with E-state index in [1.807, 2.05) is 43.3 Å². The highest BCUT2D eigenvalue weighted by atomic mass is 16.3. The van der Waals surface area contributed by atoms with Crippen molar-refractivity contribution in [3.63, 3.8) is 0 Å². The van der Waals surface area contributed by atoms with Crippen LogP contribution in [0, 0.1) is 0 Å². The summed E-state index contributed by atoms with van der Waals surface area (Å²) in [7, 11) is 0. The maximum Gasteiger partial charge on any atom is 0.0935 e. The van der Waals surface area contributed by atoms with Gasteiger partial charge in [-0.1, -0.05) is 37.3 Å². The van der Waals surface area contributed by atoms with Gasteiger partial charge in [0, 0.05) is 6.42 Å². The van der Waals surface area contributed by atoms with Gasteiger partial charge in [-0.3, -0.25) is 0 Å². The van der Waals surface area contributed by atoms with E-state index in [0.717, 1.165) is 11.1 Å². The minimum absolute atomic E-state index is 0.587. The van der Waals surface area contributed by atoms with Gasteiger partial charge in [-0.2, -0.15) is 0 Å². The lowest BCUT2D eigenvalue weighted by Crippen LogP contribution is -2.27. The second-order valence-electron chi connectivity index (χ2n) is 4.06. The zero-order chi connectivity index (χ0) is 11.4. The molecule has 1 N–H and O–H groups in total. The number of aliphatic hydroxyl groups is 1. The molecule has 1 aromatic heterocycles. The largest absolute Gasteiger partial charge is 0.472 e. The number of furan rings is 1. The van der Waals surface area contributed by atoms with Crippen molar-refractivity contribution in [2.24, 2.45) is 0 Å². The van der Waals surface area contributed by atoms with Crippen molar-refractivity contribution in [3.8, 4) is 0 Å². The average molecular weight is 216 g/mol. The van der Waals surface area contributed by atoms with E-state index >= 15 is 0 Å². The van der Waals surface area contributed by atoms with Gasteiger partial charge in [0.15, 0.2) is 0 Å². The number of rotatable bonds is 4. The van der Waals surface area contributed by atoms with Gasteiger partial charge in [0.1, 0.15) is 0 Å². The fourth-order valence-electron chi connectivity index (χ4n) is 1.91. The third-order valence-electron chi connectivity index (χ3n) is 2.97. The van der Waals surface area contributed by atoms with Crippen molar-refractivity contribution in [1.82, 2.24) is 0 Å². The molecule has 0 saturated carbocycles. The lowest BCUT2D eigenvalue weighted by molar-refractivity contribution is 0.0326. The maximum atomic E-state index is 10.6. The van der Waals surface area contributed by atoms with Gasteiger partial charge in [0.2, 0.25) is 0 Å². The summed E-state index contributed by atoms with van der Waals surface area (Å²) in [5, 5.41) is 10.6. The number of hydrogen-bond acceptors (Lipinski definition) is 2. The molecule has 0 aliphatic rings. The van der Waals surface area contributed by atoms with E-state index in [9.17, 15) is 5.11 Å². The van der Waals surface area contributed by atoms with Crippen molar-refractivity contribution >= 4 is 0 Å². The summed E-state index contributed by atoms with van der Waals surface area (Å²) in [6.45, 7) is 1.99. The van der Waals surface area contributed by atoms with Crippen LogP contribution in [0.1, 0.15) is 24.5 Å². The molecular weight excluding hydrogens is 200 g/mol. The van der Waals surface area contributed by atoms with Gasteiger partial charge >= 0.3 is 0 Å². The number of hydrogen-bond donors (Lipinski definition) is 1. The van der Waals surface area contributed by atoms with E-state index in [-0.39, 0.29) is 0 Å². The van der Waals surface area contributed by atoms with Crippen molar-refractivity contribution in [3.05, 3.63) is 60.1 Å². The van der Waals surface area contributed by atoms with E-state index in [4.69, 9.17) is 4.42 Å². The predicted molar refractivity (Wildman–Crippen MR) is 63.0 cm³/mol. The van der Waals surface area contributed by atoms with Crippen molar-refractivity contribution < 1.29 is 9.52 Å². The lowest BCUT2D eigenvalue weighted by atomic mass is 9.86. The molecule has 0 aliphatic heterocycles. The molecule has 0 radical (unpaired) electrons. The molecule has 0 saturated heterocycles. The molecular formula is C14H16O2. The Labute approximate surface area is 95.5 Å². The highest BCUT2D eigenvalue weighted by molar-refractivity contribution is 5.25. The Kier molecular flexibility index (Phi) is 3.11. The fraction of sp³-hybridized carbons (Fsp3) is 0.286. The van der Waals surface area contributed by atoms with Crippen LogP contribution >= 0.6 is 0 Å². The van der Waals surface area contributed by atoms with E-state index in [2.05, 4.69) is 0 Å². The summed E-state index contributed by atoms with van der Waals surface area (Å²) in [5.41, 5.74) is 1.18. The quantitative estimate of drug-likeness (QED) is 0.851. The van der Waals surface area contributed by atoms with Crippen molar-refractivity contribution in [1.29, 1.82) is 0 Å². The number of benzene rings is 1. The van der Waals surface area contributed by atoms with E-state index < -0.39 is 5.60 Å². The summed E-state index contributed by atoms with van der Waals surface area (Å²) in [5.74, 6) is 0. The third-order valence-corrected chi connectivity index (χ3v) is 2.97. The minimum Gasteiger partial charge on any atom is -0.472 e. The van der Waals surface area contributed by atoms with Crippen molar-refractivity contribution in [2.75, 3.05) is 0 Å². The first-order valence-corrected chi connectivity index (χ1v) is 5.53. The highest BCUT2D eigenvalue weighted by Gasteiger charge is 2.27. The van der Waals surface area contributed by atoms with Crippen molar-refractivity contribution in [2.45, 2.75) is 25.4 Å². The summed E-state index contributed by atoms with van der Waals surface area (Å²) >= 11 is 0. The van der Waals surface area contributed by atoms with Gasteiger partial charge in [0.25, 0.3) is 0 Å². The topological polar surface area (TPSA) is 33.4 Å². The highest BCUT2D eigenvalue weighted by Crippen LogP contribution is 2.29. The van der Waals surface area contributed by atoms with Crippen LogP contribution in [0.3, 0.4) is 0 Å². The summed E-state index contributed by atoms with van der Waals surface area (Å²) in [4.78, 5) is 0. The average Bonchev–Trinajstić information content (AvgIpc) is 2.83. The Morgan fingerprint density at radius 1 is 1.19 bits per heavy atom. The molecule has 2 nitrogen and oxygen atoms in total. The Morgan fingerprint density at radius 3 is 2.50 bits per heavy atom. The van der Waals surface area contributed by atoms with Crippen LogP contribution in [0.15, 0.2) is 53.3 Å². The van der Waals surface area contributed by atoms with Crippen LogP contribution in [0.5, 0.6) is 0 Å². The van der Waals surface area contributed by atoms with Gasteiger partial charge in [-0.05, 0) is 23.6 Å². The van der Waals surface area contributed by atoms with Crippen LogP contribution in [0.4, 0.5) is 0 Å². The Hall–Kier alpha value is -1.54. The Morgan fingerprint density at radius 2 is 1.94 bits per heavy atom. The van der Waals surface area contributed by atoms with Gasteiger partial charge in [-0.15, -0.1) is 0 Å². The second kappa shape index (κ2) is 4.54. The first-order chi connectivity index (χ1) is 7.74. The van der Waals surface area contributed by atoms with E-state index in [1.165, 1.54) is 0 Å². The molecule has 1 heterocycles. The molecule has 2 rings (SSSR count). The standard InChI is InChI=1S/C14H16O2/c1-2-14(15,10-12-8-9-16-11-12)13-6-4-3-5-7-13/h3-9,11,15H,2,10H2,1H3. The summed E-state index contributed by atoms with van der Waals surface area (Å²) in [6, 6.07) is 11.7. The van der Waals surface area contributed by atoms with Gasteiger partial charge in [0.05, 0.1) is 18.1 Å². The molecule has 84 valence electrons. The fourth-order valence-corrected chi connectivity index (χ4v) is 1.91. The monoisotopic (exact) mass is 216 g/mol. The second-order valence-corrected chi connectivity index (χ2v) is 4.06. The molecule has 16 heavy (non-hydrogen) atoms. The molecule has 0 fully saturated rings. The summed E-state index contributed by atoms with van der Waals surface area (Å²) < 4.78 is 5.03. The van der Waals surface area contributed by atoms with Crippen LogP contribution in [-0.2, 0) is 12.0 Å². The summed E-state index contributed by atoms with van der Waals surface area (Å²) in [6.07, 6.45) is 4.59. The first-order valence-electron chi connectivity index (χ1n) is 5.53. The molecule has 1 atom stereocenters. The molecule has 1 aromatic carbocycles. The molecule has 0 aliphatic carbocycles. The van der Waals surface area contributed by atoms with Crippen LogP contribution in [-0.4, -0.2) is 5.11 Å². The molecule has 0 bridgehead atoms. The normalized spacial score (nSPS) is 14.6. The van der Waals surface area contributed by atoms with Crippen LogP contribution in [0.25, 0.3) is 0 Å². The molecule has 2 aromatic rings. The maximum absolute atomic E-state index is 10.6. The predicted octanol–water partition coefficient (Wildman–Crippen LogP) is 3.12. The Balaban J connectivity index is 2.26.